The van der Waals surface area contributed by atoms with Crippen LogP contribution in [0.4, 0.5) is 11.4 Å². The third kappa shape index (κ3) is 3.11. The number of fused-ring (bicyclic) bond motifs is 1. The predicted octanol–water partition coefficient (Wildman–Crippen LogP) is 1.69. The van der Waals surface area contributed by atoms with Gasteiger partial charge < -0.3 is 15.6 Å². The number of carboxylic acids is 1. The molecule has 23 heavy (non-hydrogen) atoms. The molecule has 0 fully saturated rings. The molecule has 0 saturated heterocycles. The van der Waals surface area contributed by atoms with Gasteiger partial charge >= 0.3 is 5.97 Å². The van der Waals surface area contributed by atoms with Gasteiger partial charge in [-0.05, 0) is 29.8 Å². The molecule has 2 aromatic rings. The molecule has 0 aliphatic carbocycles. The highest BCUT2D eigenvalue weighted by atomic mass is 16.5. The van der Waals surface area contributed by atoms with E-state index >= 15 is 0 Å². The van der Waals surface area contributed by atoms with Gasteiger partial charge in [-0.15, -0.1) is 0 Å². The number of anilines is 2. The van der Waals surface area contributed by atoms with Gasteiger partial charge in [-0.2, -0.15) is 0 Å². The Morgan fingerprint density at radius 3 is 2.74 bits per heavy atom. The summed E-state index contributed by atoms with van der Waals surface area (Å²) in [5.41, 5.74) is 7.69. The number of carbonyl (C=O) groups excluding carboxylic acids is 1. The number of rotatable bonds is 4. The zero-order chi connectivity index (χ0) is 16.4. The number of nitrogens with zero attached hydrogens (tertiary/aromatic N) is 1. The minimum Gasteiger partial charge on any atom is -0.480 e. The van der Waals surface area contributed by atoms with Crippen LogP contribution in [-0.2, 0) is 16.0 Å². The maximum atomic E-state index is 12.6. The van der Waals surface area contributed by atoms with Gasteiger partial charge in [0.15, 0.2) is 6.10 Å². The number of aliphatic carboxylic acids is 1. The van der Waals surface area contributed by atoms with Crippen LogP contribution in [0.5, 0.6) is 5.75 Å². The van der Waals surface area contributed by atoms with Crippen LogP contribution < -0.4 is 15.4 Å². The van der Waals surface area contributed by atoms with Crippen LogP contribution in [0.2, 0.25) is 0 Å². The van der Waals surface area contributed by atoms with E-state index in [0.29, 0.717) is 23.5 Å². The van der Waals surface area contributed by atoms with Crippen molar-refractivity contribution in [2.45, 2.75) is 12.5 Å². The Labute approximate surface area is 133 Å². The zero-order valence-electron chi connectivity index (χ0n) is 12.3. The summed E-state index contributed by atoms with van der Waals surface area (Å²) >= 11 is 0. The number of carbonyl (C=O) groups is 2. The Morgan fingerprint density at radius 1 is 1.22 bits per heavy atom. The normalized spacial score (nSPS) is 16.6. The van der Waals surface area contributed by atoms with Gasteiger partial charge in [0.05, 0.1) is 5.69 Å². The lowest BCUT2D eigenvalue weighted by Crippen LogP contribution is -2.48. The Hall–Kier alpha value is -3.02. The SMILES string of the molecule is Nc1cccc(CC2Oc3ccccc3N(CC(=O)O)C2=O)c1. The quantitative estimate of drug-likeness (QED) is 0.838. The Bertz CT molecular complexity index is 760. The maximum Gasteiger partial charge on any atom is 0.323 e. The first-order valence-corrected chi connectivity index (χ1v) is 7.18. The second-order valence-corrected chi connectivity index (χ2v) is 5.34. The molecular formula is C17H16N2O4. The fraction of sp³-hybridized carbons (Fsp3) is 0.176. The summed E-state index contributed by atoms with van der Waals surface area (Å²) in [6.07, 6.45) is -0.444. The third-order valence-electron chi connectivity index (χ3n) is 3.63. The molecular weight excluding hydrogens is 296 g/mol. The Balaban J connectivity index is 1.91. The van der Waals surface area contributed by atoms with Gasteiger partial charge in [0.1, 0.15) is 12.3 Å². The number of ether oxygens (including phenoxy) is 1. The standard InChI is InChI=1S/C17H16N2O4/c18-12-5-3-4-11(8-12)9-15-17(22)19(10-16(20)21)13-6-1-2-7-14(13)23-15/h1-8,15H,9-10,18H2,(H,20,21). The van der Waals surface area contributed by atoms with Crippen molar-refractivity contribution in [2.24, 2.45) is 0 Å². The lowest BCUT2D eigenvalue weighted by molar-refractivity contribution is -0.137. The minimum atomic E-state index is -1.07. The molecule has 2 aromatic carbocycles. The van der Waals surface area contributed by atoms with E-state index in [2.05, 4.69) is 0 Å². The van der Waals surface area contributed by atoms with Crippen molar-refractivity contribution in [1.29, 1.82) is 0 Å². The summed E-state index contributed by atoms with van der Waals surface area (Å²) in [6.45, 7) is -0.396. The molecule has 0 saturated carbocycles. The van der Waals surface area contributed by atoms with Crippen molar-refractivity contribution in [3.63, 3.8) is 0 Å². The van der Waals surface area contributed by atoms with Crippen LogP contribution in [0.1, 0.15) is 5.56 Å². The van der Waals surface area contributed by atoms with Gasteiger partial charge in [0.2, 0.25) is 0 Å². The molecule has 0 bridgehead atoms. The Kier molecular flexibility index (Phi) is 3.89. The first-order valence-electron chi connectivity index (χ1n) is 7.18. The second-order valence-electron chi connectivity index (χ2n) is 5.34. The summed E-state index contributed by atoms with van der Waals surface area (Å²) in [4.78, 5) is 24.9. The van der Waals surface area contributed by atoms with E-state index in [0.717, 1.165) is 5.56 Å². The van der Waals surface area contributed by atoms with E-state index in [-0.39, 0.29) is 5.91 Å². The van der Waals surface area contributed by atoms with E-state index < -0.39 is 18.6 Å². The second kappa shape index (κ2) is 6.00. The predicted molar refractivity (Wildman–Crippen MR) is 85.4 cm³/mol. The first-order chi connectivity index (χ1) is 11.0. The maximum absolute atomic E-state index is 12.6. The summed E-state index contributed by atoms with van der Waals surface area (Å²) in [7, 11) is 0. The number of nitrogen functional groups attached to an aromatic ring is 1. The van der Waals surface area contributed by atoms with Crippen LogP contribution in [0.15, 0.2) is 48.5 Å². The first kappa shape index (κ1) is 14.9. The van der Waals surface area contributed by atoms with Crippen molar-refractivity contribution < 1.29 is 19.4 Å². The Morgan fingerprint density at radius 2 is 2.00 bits per heavy atom. The van der Waals surface area contributed by atoms with Gasteiger partial charge in [-0.25, -0.2) is 0 Å². The third-order valence-corrected chi connectivity index (χ3v) is 3.63. The van der Waals surface area contributed by atoms with Crippen molar-refractivity contribution in [1.82, 2.24) is 0 Å². The van der Waals surface area contributed by atoms with E-state index in [1.54, 1.807) is 42.5 Å². The van der Waals surface area contributed by atoms with Crippen molar-refractivity contribution in [2.75, 3.05) is 17.2 Å². The molecule has 1 amide bonds. The average molecular weight is 312 g/mol. The summed E-state index contributed by atoms with van der Waals surface area (Å²) in [6, 6.07) is 14.1. The van der Waals surface area contributed by atoms with E-state index in [1.807, 2.05) is 6.07 Å². The topological polar surface area (TPSA) is 92.9 Å². The van der Waals surface area contributed by atoms with Gasteiger partial charge in [0, 0.05) is 12.1 Å². The van der Waals surface area contributed by atoms with E-state index in [1.165, 1.54) is 4.90 Å². The van der Waals surface area contributed by atoms with Crippen LogP contribution in [0.3, 0.4) is 0 Å². The summed E-state index contributed by atoms with van der Waals surface area (Å²) in [5.74, 6) is -0.937. The zero-order valence-corrected chi connectivity index (χ0v) is 12.3. The van der Waals surface area contributed by atoms with Crippen molar-refractivity contribution in [3.05, 3.63) is 54.1 Å². The number of benzene rings is 2. The van der Waals surface area contributed by atoms with Crippen LogP contribution in [0, 0.1) is 0 Å². The number of carboxylic acid groups (broad SMARTS) is 1. The lowest BCUT2D eigenvalue weighted by Gasteiger charge is -2.33. The highest BCUT2D eigenvalue weighted by Crippen LogP contribution is 2.34. The van der Waals surface area contributed by atoms with Crippen LogP contribution in [-0.4, -0.2) is 29.6 Å². The molecule has 1 aliphatic heterocycles. The molecule has 0 spiro atoms. The molecule has 0 radical (unpaired) electrons. The molecule has 1 atom stereocenters. The van der Waals surface area contributed by atoms with Gasteiger partial charge in [-0.1, -0.05) is 24.3 Å². The minimum absolute atomic E-state index is 0.328. The lowest BCUT2D eigenvalue weighted by atomic mass is 10.0. The molecule has 1 aliphatic rings. The van der Waals surface area contributed by atoms with E-state index in [9.17, 15) is 9.59 Å². The molecule has 1 unspecified atom stereocenters. The van der Waals surface area contributed by atoms with Crippen molar-refractivity contribution in [3.8, 4) is 5.75 Å². The van der Waals surface area contributed by atoms with Crippen molar-refractivity contribution >= 4 is 23.3 Å². The number of hydrogen-bond acceptors (Lipinski definition) is 4. The van der Waals surface area contributed by atoms with Crippen LogP contribution >= 0.6 is 0 Å². The molecule has 6 nitrogen and oxygen atoms in total. The van der Waals surface area contributed by atoms with Crippen LogP contribution in [0.25, 0.3) is 0 Å². The number of amides is 1. The number of nitrogens with two attached hydrogens (primary N) is 1. The molecule has 3 rings (SSSR count). The number of hydrogen-bond donors (Lipinski definition) is 2. The molecule has 3 N–H and O–H groups in total. The summed E-state index contributed by atoms with van der Waals surface area (Å²) in [5, 5.41) is 9.07. The molecule has 118 valence electrons. The monoisotopic (exact) mass is 312 g/mol. The molecule has 6 heteroatoms. The fourth-order valence-corrected chi connectivity index (χ4v) is 2.64. The average Bonchev–Trinajstić information content (AvgIpc) is 2.51. The highest BCUT2D eigenvalue weighted by Gasteiger charge is 2.35. The van der Waals surface area contributed by atoms with Gasteiger partial charge in [-0.3, -0.25) is 14.5 Å². The largest absolute Gasteiger partial charge is 0.480 e. The van der Waals surface area contributed by atoms with E-state index in [4.69, 9.17) is 15.6 Å². The van der Waals surface area contributed by atoms with Gasteiger partial charge in [0.25, 0.3) is 5.91 Å². The molecule has 0 aromatic heterocycles. The fourth-order valence-electron chi connectivity index (χ4n) is 2.64. The highest BCUT2D eigenvalue weighted by molar-refractivity contribution is 6.03. The molecule has 1 heterocycles. The number of para-hydroxylation sites is 2. The summed E-state index contributed by atoms with van der Waals surface area (Å²) < 4.78 is 5.77. The smallest absolute Gasteiger partial charge is 0.323 e.